The van der Waals surface area contributed by atoms with Gasteiger partial charge in [-0.2, -0.15) is 0 Å². The molecule has 0 aromatic carbocycles. The van der Waals surface area contributed by atoms with Crippen molar-refractivity contribution in [3.8, 4) is 0 Å². The average Bonchev–Trinajstić information content (AvgIpc) is 3.05. The molecular formula is C17H23Cl3N2O3S. The van der Waals surface area contributed by atoms with Crippen molar-refractivity contribution in [1.82, 2.24) is 5.32 Å². The van der Waals surface area contributed by atoms with Crippen molar-refractivity contribution >= 4 is 63.0 Å². The summed E-state index contributed by atoms with van der Waals surface area (Å²) in [6, 6.07) is 0. The van der Waals surface area contributed by atoms with Crippen molar-refractivity contribution in [3.05, 3.63) is 16.0 Å². The van der Waals surface area contributed by atoms with Gasteiger partial charge in [0.15, 0.2) is 0 Å². The molecule has 1 aromatic rings. The number of amides is 1. The number of ether oxygens (including phenoxy) is 1. The minimum atomic E-state index is -1.78. The van der Waals surface area contributed by atoms with Gasteiger partial charge in [-0.1, -0.05) is 48.7 Å². The normalized spacial score (nSPS) is 14.9. The molecule has 9 heteroatoms. The first kappa shape index (κ1) is 21.6. The second kappa shape index (κ2) is 9.00. The Hall–Kier alpha value is -0.690. The van der Waals surface area contributed by atoms with Crippen molar-refractivity contribution in [3.63, 3.8) is 0 Å². The topological polar surface area (TPSA) is 67.4 Å². The summed E-state index contributed by atoms with van der Waals surface area (Å²) < 4.78 is 3.41. The highest BCUT2D eigenvalue weighted by Crippen LogP contribution is 2.41. The highest BCUT2D eigenvalue weighted by atomic mass is 35.6. The Morgan fingerprint density at radius 2 is 1.96 bits per heavy atom. The SMILES string of the molecule is CCOC(=O)c1c(NC(NC(=O)CC(C)C)C(Cl)(Cl)Cl)sc2c1CCC2. The molecule has 0 saturated carbocycles. The van der Waals surface area contributed by atoms with E-state index in [1.54, 1.807) is 6.92 Å². The summed E-state index contributed by atoms with van der Waals surface area (Å²) in [4.78, 5) is 25.7. The smallest absolute Gasteiger partial charge is 0.341 e. The van der Waals surface area contributed by atoms with Crippen molar-refractivity contribution in [1.29, 1.82) is 0 Å². The minimum absolute atomic E-state index is 0.173. The van der Waals surface area contributed by atoms with E-state index in [1.165, 1.54) is 11.3 Å². The number of thiophene rings is 1. The number of rotatable bonds is 7. The fraction of sp³-hybridized carbons (Fsp3) is 0.647. The van der Waals surface area contributed by atoms with Crippen molar-refractivity contribution < 1.29 is 14.3 Å². The minimum Gasteiger partial charge on any atom is -0.462 e. The van der Waals surface area contributed by atoms with E-state index in [0.717, 1.165) is 29.7 Å². The monoisotopic (exact) mass is 440 g/mol. The molecule has 1 unspecified atom stereocenters. The number of anilines is 1. The number of esters is 1. The molecule has 0 spiro atoms. The molecule has 1 atom stereocenters. The van der Waals surface area contributed by atoms with Gasteiger partial charge in [0, 0.05) is 11.3 Å². The predicted molar refractivity (Wildman–Crippen MR) is 108 cm³/mol. The zero-order chi connectivity index (χ0) is 19.5. The number of aryl methyl sites for hydroxylation is 1. The fourth-order valence-electron chi connectivity index (χ4n) is 2.85. The Bertz CT molecular complexity index is 671. The third-order valence-electron chi connectivity index (χ3n) is 3.90. The Balaban J connectivity index is 2.28. The number of halogens is 3. The van der Waals surface area contributed by atoms with Gasteiger partial charge < -0.3 is 15.4 Å². The molecule has 0 bridgehead atoms. The summed E-state index contributed by atoms with van der Waals surface area (Å²) in [5, 5.41) is 6.32. The summed E-state index contributed by atoms with van der Waals surface area (Å²) in [5.74, 6) is -0.455. The zero-order valence-electron chi connectivity index (χ0n) is 15.0. The van der Waals surface area contributed by atoms with Crippen molar-refractivity contribution in [2.75, 3.05) is 11.9 Å². The molecular weight excluding hydrogens is 419 g/mol. The van der Waals surface area contributed by atoms with Crippen molar-refractivity contribution in [2.24, 2.45) is 5.92 Å². The lowest BCUT2D eigenvalue weighted by Crippen LogP contribution is -2.49. The van der Waals surface area contributed by atoms with Crippen LogP contribution in [0.1, 0.15) is 54.4 Å². The first-order valence-corrected chi connectivity index (χ1v) is 10.5. The molecule has 5 nitrogen and oxygen atoms in total. The van der Waals surface area contributed by atoms with Gasteiger partial charge in [-0.15, -0.1) is 11.3 Å². The number of fused-ring (bicyclic) bond motifs is 1. The summed E-state index contributed by atoms with van der Waals surface area (Å²) >= 11 is 19.6. The zero-order valence-corrected chi connectivity index (χ0v) is 18.0. The molecule has 146 valence electrons. The van der Waals surface area contributed by atoms with Gasteiger partial charge in [0.1, 0.15) is 11.2 Å². The maximum absolute atomic E-state index is 12.4. The number of alkyl halides is 3. The van der Waals surface area contributed by atoms with Crippen LogP contribution in [-0.2, 0) is 22.4 Å². The molecule has 26 heavy (non-hydrogen) atoms. The van der Waals surface area contributed by atoms with E-state index in [9.17, 15) is 9.59 Å². The number of carbonyl (C=O) groups excluding carboxylic acids is 2. The Kier molecular flexibility index (Phi) is 7.48. The van der Waals surface area contributed by atoms with Crippen molar-refractivity contribution in [2.45, 2.75) is 56.4 Å². The van der Waals surface area contributed by atoms with E-state index in [2.05, 4.69) is 10.6 Å². The van der Waals surface area contributed by atoms with Crippen LogP contribution in [0.15, 0.2) is 0 Å². The highest BCUT2D eigenvalue weighted by Gasteiger charge is 2.37. The summed E-state index contributed by atoms with van der Waals surface area (Å²) in [7, 11) is 0. The van der Waals surface area contributed by atoms with E-state index in [1.807, 2.05) is 13.8 Å². The maximum atomic E-state index is 12.4. The Labute approximate surface area is 172 Å². The Morgan fingerprint density at radius 3 is 2.54 bits per heavy atom. The molecule has 1 aromatic heterocycles. The first-order valence-electron chi connectivity index (χ1n) is 8.57. The van der Waals surface area contributed by atoms with Gasteiger partial charge in [-0.05, 0) is 37.7 Å². The predicted octanol–water partition coefficient (Wildman–Crippen LogP) is 4.68. The van der Waals surface area contributed by atoms with E-state index in [4.69, 9.17) is 39.5 Å². The van der Waals surface area contributed by atoms with Crippen LogP contribution in [0.4, 0.5) is 5.00 Å². The van der Waals surface area contributed by atoms with Gasteiger partial charge in [0.25, 0.3) is 0 Å². The standard InChI is InChI=1S/C17H23Cl3N2O3S/c1-4-25-15(24)13-10-6-5-7-11(10)26-14(13)22-16(17(18,19)20)21-12(23)8-9(2)3/h9,16,22H,4-8H2,1-3H3,(H,21,23). The second-order valence-electron chi connectivity index (χ2n) is 6.57. The van der Waals surface area contributed by atoms with Crippen LogP contribution >= 0.6 is 46.1 Å². The van der Waals surface area contributed by atoms with E-state index in [-0.39, 0.29) is 18.4 Å². The molecule has 1 heterocycles. The third-order valence-corrected chi connectivity index (χ3v) is 5.78. The molecule has 1 aliphatic carbocycles. The summed E-state index contributed by atoms with van der Waals surface area (Å²) in [6.07, 6.45) is 2.08. The lowest BCUT2D eigenvalue weighted by Gasteiger charge is -2.27. The molecule has 0 radical (unpaired) electrons. The Morgan fingerprint density at radius 1 is 1.27 bits per heavy atom. The van der Waals surface area contributed by atoms with Gasteiger partial charge >= 0.3 is 5.97 Å². The number of hydrogen-bond acceptors (Lipinski definition) is 5. The van der Waals surface area contributed by atoms with Crippen LogP contribution < -0.4 is 10.6 Å². The van der Waals surface area contributed by atoms with E-state index in [0.29, 0.717) is 17.0 Å². The maximum Gasteiger partial charge on any atom is 0.341 e. The number of hydrogen-bond donors (Lipinski definition) is 2. The number of nitrogens with one attached hydrogen (secondary N) is 2. The molecule has 2 rings (SSSR count). The quantitative estimate of drug-likeness (QED) is 0.366. The van der Waals surface area contributed by atoms with Crippen LogP contribution in [-0.4, -0.2) is 28.4 Å². The lowest BCUT2D eigenvalue weighted by atomic mass is 10.1. The molecule has 1 amide bonds. The van der Waals surface area contributed by atoms with Crippen LogP contribution in [0, 0.1) is 5.92 Å². The third kappa shape index (κ3) is 5.41. The summed E-state index contributed by atoms with van der Waals surface area (Å²) in [6.45, 7) is 5.90. The number of carbonyl (C=O) groups is 2. The lowest BCUT2D eigenvalue weighted by molar-refractivity contribution is -0.122. The first-order chi connectivity index (χ1) is 12.1. The highest BCUT2D eigenvalue weighted by molar-refractivity contribution is 7.16. The van der Waals surface area contributed by atoms with Crippen LogP contribution in [0.5, 0.6) is 0 Å². The second-order valence-corrected chi connectivity index (χ2v) is 10.0. The molecule has 0 saturated heterocycles. The van der Waals surface area contributed by atoms with Gasteiger partial charge in [-0.25, -0.2) is 4.79 Å². The van der Waals surface area contributed by atoms with Gasteiger partial charge in [-0.3, -0.25) is 4.79 Å². The van der Waals surface area contributed by atoms with Crippen LogP contribution in [0.2, 0.25) is 0 Å². The van der Waals surface area contributed by atoms with Gasteiger partial charge in [0.2, 0.25) is 9.70 Å². The van der Waals surface area contributed by atoms with Crippen LogP contribution in [0.3, 0.4) is 0 Å². The summed E-state index contributed by atoms with van der Waals surface area (Å²) in [5.41, 5.74) is 1.48. The van der Waals surface area contributed by atoms with Crippen LogP contribution in [0.25, 0.3) is 0 Å². The molecule has 0 aliphatic heterocycles. The van der Waals surface area contributed by atoms with Gasteiger partial charge in [0.05, 0.1) is 12.2 Å². The molecule has 2 N–H and O–H groups in total. The van der Waals surface area contributed by atoms with E-state index >= 15 is 0 Å². The van der Waals surface area contributed by atoms with E-state index < -0.39 is 15.9 Å². The average molecular weight is 442 g/mol. The largest absolute Gasteiger partial charge is 0.462 e. The molecule has 0 fully saturated rings. The fourth-order valence-corrected chi connectivity index (χ4v) is 4.48. The molecule has 1 aliphatic rings.